The van der Waals surface area contributed by atoms with E-state index in [0.717, 1.165) is 54.7 Å². The summed E-state index contributed by atoms with van der Waals surface area (Å²) >= 11 is 0. The molecule has 0 aromatic heterocycles. The Morgan fingerprint density at radius 1 is 0.708 bits per heavy atom. The van der Waals surface area contributed by atoms with Gasteiger partial charge in [-0.15, -0.1) is 0 Å². The normalized spacial score (nSPS) is 9.42. The highest BCUT2D eigenvalue weighted by Crippen LogP contribution is 2.12. The minimum atomic E-state index is 0.773. The van der Waals surface area contributed by atoms with Crippen LogP contribution in [0.1, 0.15) is 56.2 Å². The van der Waals surface area contributed by atoms with Crippen molar-refractivity contribution in [2.45, 2.75) is 39.5 Å². The first kappa shape index (κ1) is 17.7. The Balaban J connectivity index is 1.95. The molecule has 2 aromatic carbocycles. The zero-order valence-electron chi connectivity index (χ0n) is 14.6. The monoisotopic (exact) mass is 316 g/mol. The van der Waals surface area contributed by atoms with Crippen LogP contribution in [0.15, 0.2) is 48.5 Å². The quantitative estimate of drug-likeness (QED) is 0.529. The fourth-order valence-electron chi connectivity index (χ4n) is 2.04. The van der Waals surface area contributed by atoms with E-state index in [4.69, 9.17) is 4.74 Å². The number of hydrogen-bond donors (Lipinski definition) is 0. The topological polar surface area (TPSA) is 9.23 Å². The average Bonchev–Trinajstić information content (AvgIpc) is 2.63. The Morgan fingerprint density at radius 3 is 1.79 bits per heavy atom. The lowest BCUT2D eigenvalue weighted by molar-refractivity contribution is 0.309. The van der Waals surface area contributed by atoms with Gasteiger partial charge in [0.15, 0.2) is 0 Å². The van der Waals surface area contributed by atoms with Crippen molar-refractivity contribution in [2.75, 3.05) is 6.61 Å². The summed E-state index contributed by atoms with van der Waals surface area (Å²) < 4.78 is 5.66. The van der Waals surface area contributed by atoms with E-state index in [9.17, 15) is 0 Å². The van der Waals surface area contributed by atoms with E-state index in [0.29, 0.717) is 0 Å². The summed E-state index contributed by atoms with van der Waals surface area (Å²) in [6.45, 7) is 5.07. The van der Waals surface area contributed by atoms with Crippen LogP contribution < -0.4 is 4.74 Å². The highest BCUT2D eigenvalue weighted by molar-refractivity contribution is 5.46. The van der Waals surface area contributed by atoms with Crippen LogP contribution in [0.5, 0.6) is 5.75 Å². The van der Waals surface area contributed by atoms with Crippen LogP contribution in [0.4, 0.5) is 0 Å². The molecule has 0 aliphatic rings. The minimum absolute atomic E-state index is 0.773. The van der Waals surface area contributed by atoms with E-state index in [-0.39, 0.29) is 0 Å². The lowest BCUT2D eigenvalue weighted by atomic mass is 10.1. The van der Waals surface area contributed by atoms with E-state index < -0.39 is 0 Å². The van der Waals surface area contributed by atoms with Crippen molar-refractivity contribution in [3.8, 4) is 29.4 Å². The van der Waals surface area contributed by atoms with Crippen molar-refractivity contribution in [3.63, 3.8) is 0 Å². The second-order valence-electron chi connectivity index (χ2n) is 5.61. The van der Waals surface area contributed by atoms with Crippen molar-refractivity contribution in [1.29, 1.82) is 0 Å². The molecule has 1 heteroatoms. The summed E-state index contributed by atoms with van der Waals surface area (Å²) in [5, 5.41) is 0. The number of benzene rings is 2. The molecule has 0 saturated carbocycles. The number of unbranched alkanes of at least 4 members (excludes halogenated alkanes) is 2. The standard InChI is InChI=1S/C23H24O/c1-3-5-7-8-20-9-11-21(12-10-20)13-14-22-15-17-23(18-16-22)24-19-6-4-2/h9-12,15-18H,3-6,19H2,1-2H3. The largest absolute Gasteiger partial charge is 0.494 e. The molecule has 0 saturated heterocycles. The van der Waals surface area contributed by atoms with Gasteiger partial charge >= 0.3 is 0 Å². The van der Waals surface area contributed by atoms with E-state index >= 15 is 0 Å². The summed E-state index contributed by atoms with van der Waals surface area (Å²) in [6.07, 6.45) is 4.27. The molecular weight excluding hydrogens is 292 g/mol. The summed E-state index contributed by atoms with van der Waals surface area (Å²) in [5.41, 5.74) is 3.03. The Morgan fingerprint density at radius 2 is 1.25 bits per heavy atom. The van der Waals surface area contributed by atoms with Crippen molar-refractivity contribution in [2.24, 2.45) is 0 Å². The van der Waals surface area contributed by atoms with E-state index in [1.807, 2.05) is 48.5 Å². The van der Waals surface area contributed by atoms with Crippen LogP contribution in [0.3, 0.4) is 0 Å². The van der Waals surface area contributed by atoms with E-state index in [1.165, 1.54) is 0 Å². The summed E-state index contributed by atoms with van der Waals surface area (Å²) in [6, 6.07) is 16.0. The summed E-state index contributed by atoms with van der Waals surface area (Å²) in [7, 11) is 0. The third-order valence-electron chi connectivity index (χ3n) is 3.46. The lowest BCUT2D eigenvalue weighted by Crippen LogP contribution is -1.95. The molecule has 0 spiro atoms. The van der Waals surface area contributed by atoms with Gasteiger partial charge in [0.25, 0.3) is 0 Å². The highest BCUT2D eigenvalue weighted by atomic mass is 16.5. The molecule has 0 amide bonds. The Kier molecular flexibility index (Phi) is 7.52. The molecule has 24 heavy (non-hydrogen) atoms. The van der Waals surface area contributed by atoms with E-state index in [1.54, 1.807) is 0 Å². The maximum atomic E-state index is 5.66. The van der Waals surface area contributed by atoms with Crippen LogP contribution in [0.25, 0.3) is 0 Å². The molecule has 2 rings (SSSR count). The molecule has 0 unspecified atom stereocenters. The maximum Gasteiger partial charge on any atom is 0.119 e. The Labute approximate surface area is 146 Å². The second-order valence-corrected chi connectivity index (χ2v) is 5.61. The fourth-order valence-corrected chi connectivity index (χ4v) is 2.04. The minimum Gasteiger partial charge on any atom is -0.494 e. The van der Waals surface area contributed by atoms with Gasteiger partial charge in [0.05, 0.1) is 6.61 Å². The van der Waals surface area contributed by atoms with Crippen LogP contribution in [0.2, 0.25) is 0 Å². The predicted octanol–water partition coefficient (Wildman–Crippen LogP) is 5.42. The molecule has 122 valence electrons. The van der Waals surface area contributed by atoms with Crippen LogP contribution in [0, 0.1) is 23.7 Å². The van der Waals surface area contributed by atoms with Crippen molar-refractivity contribution < 1.29 is 4.74 Å². The average molecular weight is 316 g/mol. The number of rotatable bonds is 5. The van der Waals surface area contributed by atoms with Crippen LogP contribution in [-0.4, -0.2) is 6.61 Å². The fraction of sp³-hybridized carbons (Fsp3) is 0.304. The van der Waals surface area contributed by atoms with Crippen LogP contribution in [-0.2, 0) is 0 Å². The van der Waals surface area contributed by atoms with Gasteiger partial charge in [0, 0.05) is 23.1 Å². The van der Waals surface area contributed by atoms with Gasteiger partial charge < -0.3 is 4.74 Å². The summed E-state index contributed by atoms with van der Waals surface area (Å²) in [5.74, 6) is 13.6. The third kappa shape index (κ3) is 6.23. The predicted molar refractivity (Wildman–Crippen MR) is 101 cm³/mol. The molecule has 0 aliphatic carbocycles. The smallest absolute Gasteiger partial charge is 0.119 e. The summed E-state index contributed by atoms with van der Waals surface area (Å²) in [4.78, 5) is 0. The first-order valence-electron chi connectivity index (χ1n) is 8.65. The zero-order chi connectivity index (χ0) is 17.0. The third-order valence-corrected chi connectivity index (χ3v) is 3.46. The molecule has 0 bridgehead atoms. The van der Waals surface area contributed by atoms with Gasteiger partial charge in [-0.1, -0.05) is 44.0 Å². The first-order chi connectivity index (χ1) is 11.8. The highest BCUT2D eigenvalue weighted by Gasteiger charge is 1.94. The molecule has 0 atom stereocenters. The van der Waals surface area contributed by atoms with Gasteiger partial charge in [0.1, 0.15) is 5.75 Å². The molecule has 0 aliphatic heterocycles. The Hall–Kier alpha value is -2.64. The van der Waals surface area contributed by atoms with Crippen LogP contribution >= 0.6 is 0 Å². The molecular formula is C23H24O. The van der Waals surface area contributed by atoms with Crippen molar-refractivity contribution in [3.05, 3.63) is 65.2 Å². The van der Waals surface area contributed by atoms with Crippen molar-refractivity contribution in [1.82, 2.24) is 0 Å². The number of hydrogen-bond acceptors (Lipinski definition) is 1. The molecule has 0 N–H and O–H groups in total. The molecule has 0 radical (unpaired) electrons. The molecule has 1 nitrogen and oxygen atoms in total. The lowest BCUT2D eigenvalue weighted by Gasteiger charge is -2.04. The maximum absolute atomic E-state index is 5.66. The van der Waals surface area contributed by atoms with Gasteiger partial charge in [0.2, 0.25) is 0 Å². The first-order valence-corrected chi connectivity index (χ1v) is 8.65. The second kappa shape index (κ2) is 10.2. The van der Waals surface area contributed by atoms with Gasteiger partial charge in [-0.2, -0.15) is 0 Å². The SMILES string of the molecule is CCCC#Cc1ccc(C#Cc2ccc(OCCCC)cc2)cc1. The van der Waals surface area contributed by atoms with Gasteiger partial charge in [-0.3, -0.25) is 0 Å². The zero-order valence-corrected chi connectivity index (χ0v) is 14.6. The molecule has 2 aromatic rings. The van der Waals surface area contributed by atoms with Crippen molar-refractivity contribution >= 4 is 0 Å². The van der Waals surface area contributed by atoms with Gasteiger partial charge in [-0.05, 0) is 61.4 Å². The molecule has 0 fully saturated rings. The number of ether oxygens (including phenoxy) is 1. The Bertz CT molecular complexity index is 731. The van der Waals surface area contributed by atoms with Gasteiger partial charge in [-0.25, -0.2) is 0 Å². The van der Waals surface area contributed by atoms with E-state index in [2.05, 4.69) is 37.5 Å². The molecule has 0 heterocycles.